The molecule has 2 heterocycles. The first kappa shape index (κ1) is 13.2. The van der Waals surface area contributed by atoms with E-state index in [9.17, 15) is 9.90 Å². The van der Waals surface area contributed by atoms with Crippen molar-refractivity contribution in [2.45, 2.75) is 32.4 Å². The molecule has 5 heteroatoms. The molecule has 0 saturated carbocycles. The highest BCUT2D eigenvalue weighted by Crippen LogP contribution is 2.37. The number of para-hydroxylation sites is 1. The minimum Gasteiger partial charge on any atom is -0.481 e. The predicted octanol–water partition coefficient (Wildman–Crippen LogP) is 2.10. The van der Waals surface area contributed by atoms with Crippen molar-refractivity contribution in [2.75, 3.05) is 13.3 Å². The summed E-state index contributed by atoms with van der Waals surface area (Å²) in [7, 11) is 0. The molecule has 0 aliphatic carbocycles. The van der Waals surface area contributed by atoms with Crippen molar-refractivity contribution in [3.63, 3.8) is 0 Å². The van der Waals surface area contributed by atoms with Gasteiger partial charge in [-0.1, -0.05) is 12.1 Å². The van der Waals surface area contributed by atoms with Crippen molar-refractivity contribution >= 4 is 5.97 Å². The Hall–Kier alpha value is -1.75. The van der Waals surface area contributed by atoms with Crippen LogP contribution in [0.15, 0.2) is 18.2 Å². The summed E-state index contributed by atoms with van der Waals surface area (Å²) in [5, 5.41) is 9.19. The van der Waals surface area contributed by atoms with Crippen molar-refractivity contribution in [1.29, 1.82) is 0 Å². The lowest BCUT2D eigenvalue weighted by Crippen LogP contribution is -2.43. The number of carbonyl (C=O) groups is 1. The van der Waals surface area contributed by atoms with Crippen LogP contribution in [-0.2, 0) is 11.3 Å². The number of fused-ring (bicyclic) bond motifs is 1. The molecular weight excluding hydrogens is 258 g/mol. The van der Waals surface area contributed by atoms with E-state index in [2.05, 4.69) is 11.8 Å². The second-order valence-electron chi connectivity index (χ2n) is 5.54. The van der Waals surface area contributed by atoms with Gasteiger partial charge in [-0.15, -0.1) is 0 Å². The number of hydrogen-bond donors (Lipinski definition) is 1. The van der Waals surface area contributed by atoms with Crippen molar-refractivity contribution in [3.8, 4) is 11.5 Å². The van der Waals surface area contributed by atoms with E-state index in [1.165, 1.54) is 0 Å². The molecule has 0 aromatic heterocycles. The second-order valence-corrected chi connectivity index (χ2v) is 5.54. The molecule has 2 aliphatic heterocycles. The van der Waals surface area contributed by atoms with Crippen LogP contribution in [0.4, 0.5) is 0 Å². The van der Waals surface area contributed by atoms with Crippen molar-refractivity contribution in [3.05, 3.63) is 23.8 Å². The molecule has 20 heavy (non-hydrogen) atoms. The molecule has 0 amide bonds. The topological polar surface area (TPSA) is 59.0 Å². The number of carboxylic acid groups (broad SMARTS) is 1. The summed E-state index contributed by atoms with van der Waals surface area (Å²) in [6.45, 7) is 3.72. The fraction of sp³-hybridized carbons (Fsp3) is 0.533. The summed E-state index contributed by atoms with van der Waals surface area (Å²) in [6, 6.07) is 6.26. The summed E-state index contributed by atoms with van der Waals surface area (Å²) < 4.78 is 10.9. The smallest absolute Gasteiger partial charge is 0.307 e. The van der Waals surface area contributed by atoms with Crippen LogP contribution >= 0.6 is 0 Å². The summed E-state index contributed by atoms with van der Waals surface area (Å²) >= 11 is 0. The standard InChI is InChI=1S/C15H19NO4/c1-10-5-6-12(15(17)18)8-16(10)7-11-3-2-4-13-14(11)20-9-19-13/h2-4,10,12H,5-9H2,1H3,(H,17,18)/t10-,12+/m1/s1. The van der Waals surface area contributed by atoms with E-state index in [0.717, 1.165) is 29.9 Å². The predicted molar refractivity (Wildman–Crippen MR) is 72.8 cm³/mol. The molecule has 1 saturated heterocycles. The Morgan fingerprint density at radius 2 is 2.25 bits per heavy atom. The molecular formula is C15H19NO4. The summed E-state index contributed by atoms with van der Waals surface area (Å²) in [6.07, 6.45) is 1.68. The Bertz CT molecular complexity index is 517. The number of benzene rings is 1. The molecule has 0 spiro atoms. The van der Waals surface area contributed by atoms with Crippen LogP contribution in [0, 0.1) is 5.92 Å². The average Bonchev–Trinajstić information content (AvgIpc) is 2.90. The third-order valence-corrected chi connectivity index (χ3v) is 4.21. The molecule has 2 atom stereocenters. The minimum atomic E-state index is -0.695. The number of piperidine rings is 1. The Kier molecular flexibility index (Phi) is 3.53. The van der Waals surface area contributed by atoms with Gasteiger partial charge in [-0.2, -0.15) is 0 Å². The quantitative estimate of drug-likeness (QED) is 0.917. The van der Waals surface area contributed by atoms with Gasteiger partial charge >= 0.3 is 5.97 Å². The number of ether oxygens (including phenoxy) is 2. The van der Waals surface area contributed by atoms with Gasteiger partial charge in [0.25, 0.3) is 0 Å². The van der Waals surface area contributed by atoms with Gasteiger partial charge in [0.05, 0.1) is 5.92 Å². The Morgan fingerprint density at radius 1 is 1.40 bits per heavy atom. The maximum Gasteiger partial charge on any atom is 0.307 e. The minimum absolute atomic E-state index is 0.264. The number of nitrogens with zero attached hydrogens (tertiary/aromatic N) is 1. The number of rotatable bonds is 3. The molecule has 0 unspecified atom stereocenters. The maximum atomic E-state index is 11.2. The van der Waals surface area contributed by atoms with Crippen molar-refractivity contribution in [2.24, 2.45) is 5.92 Å². The monoisotopic (exact) mass is 277 g/mol. The molecule has 1 N–H and O–H groups in total. The summed E-state index contributed by atoms with van der Waals surface area (Å²) in [5.41, 5.74) is 1.07. The van der Waals surface area contributed by atoms with Crippen LogP contribution in [0.2, 0.25) is 0 Å². The normalized spacial score (nSPS) is 25.6. The van der Waals surface area contributed by atoms with Crippen LogP contribution in [0.25, 0.3) is 0 Å². The first-order valence-electron chi connectivity index (χ1n) is 6.99. The van der Waals surface area contributed by atoms with Gasteiger partial charge in [0.2, 0.25) is 6.79 Å². The van der Waals surface area contributed by atoms with Gasteiger partial charge in [0.15, 0.2) is 11.5 Å². The molecule has 1 aromatic rings. The van der Waals surface area contributed by atoms with Crippen LogP contribution in [0.5, 0.6) is 11.5 Å². The van der Waals surface area contributed by atoms with E-state index in [1.807, 2.05) is 18.2 Å². The van der Waals surface area contributed by atoms with Gasteiger partial charge in [0, 0.05) is 24.7 Å². The third-order valence-electron chi connectivity index (χ3n) is 4.21. The van der Waals surface area contributed by atoms with Crippen LogP contribution in [-0.4, -0.2) is 35.4 Å². The first-order valence-corrected chi connectivity index (χ1v) is 6.99. The summed E-state index contributed by atoms with van der Waals surface area (Å²) in [5.74, 6) is 0.624. The fourth-order valence-corrected chi connectivity index (χ4v) is 2.94. The maximum absolute atomic E-state index is 11.2. The second kappa shape index (κ2) is 5.32. The Morgan fingerprint density at radius 3 is 3.05 bits per heavy atom. The lowest BCUT2D eigenvalue weighted by Gasteiger charge is -2.36. The van der Waals surface area contributed by atoms with E-state index in [1.54, 1.807) is 0 Å². The van der Waals surface area contributed by atoms with Gasteiger partial charge in [-0.3, -0.25) is 9.69 Å². The van der Waals surface area contributed by atoms with Gasteiger partial charge < -0.3 is 14.6 Å². The average molecular weight is 277 g/mol. The molecule has 1 fully saturated rings. The first-order chi connectivity index (χ1) is 9.65. The van der Waals surface area contributed by atoms with Crippen molar-refractivity contribution < 1.29 is 19.4 Å². The zero-order chi connectivity index (χ0) is 14.1. The number of likely N-dealkylation sites (tertiary alicyclic amines) is 1. The largest absolute Gasteiger partial charge is 0.481 e. The SMILES string of the molecule is C[C@@H]1CC[C@H](C(=O)O)CN1Cc1cccc2c1OCO2. The zero-order valence-corrected chi connectivity index (χ0v) is 11.5. The van der Waals surface area contributed by atoms with Crippen LogP contribution in [0.1, 0.15) is 25.3 Å². The zero-order valence-electron chi connectivity index (χ0n) is 11.5. The van der Waals surface area contributed by atoms with E-state index < -0.39 is 5.97 Å². The van der Waals surface area contributed by atoms with E-state index >= 15 is 0 Å². The number of carboxylic acids is 1. The Balaban J connectivity index is 1.76. The third kappa shape index (κ3) is 2.45. The number of hydrogen-bond acceptors (Lipinski definition) is 4. The fourth-order valence-electron chi connectivity index (χ4n) is 2.94. The highest BCUT2D eigenvalue weighted by Gasteiger charge is 2.30. The lowest BCUT2D eigenvalue weighted by atomic mass is 9.93. The van der Waals surface area contributed by atoms with Gasteiger partial charge in [-0.05, 0) is 25.8 Å². The molecule has 5 nitrogen and oxygen atoms in total. The highest BCUT2D eigenvalue weighted by molar-refractivity contribution is 5.70. The number of aliphatic carboxylic acids is 1. The highest BCUT2D eigenvalue weighted by atomic mass is 16.7. The van der Waals surface area contributed by atoms with E-state index in [-0.39, 0.29) is 12.7 Å². The molecule has 1 aromatic carbocycles. The molecule has 2 aliphatic rings. The summed E-state index contributed by atoms with van der Waals surface area (Å²) in [4.78, 5) is 13.4. The molecule has 3 rings (SSSR count). The van der Waals surface area contributed by atoms with Crippen molar-refractivity contribution in [1.82, 2.24) is 4.90 Å². The van der Waals surface area contributed by atoms with E-state index in [4.69, 9.17) is 9.47 Å². The molecule has 0 bridgehead atoms. The molecule has 108 valence electrons. The lowest BCUT2D eigenvalue weighted by molar-refractivity contribution is -0.144. The van der Waals surface area contributed by atoms with Gasteiger partial charge in [-0.25, -0.2) is 0 Å². The van der Waals surface area contributed by atoms with Gasteiger partial charge in [0.1, 0.15) is 0 Å². The molecule has 0 radical (unpaired) electrons. The van der Waals surface area contributed by atoms with E-state index in [0.29, 0.717) is 19.1 Å². The van der Waals surface area contributed by atoms with Crippen LogP contribution in [0.3, 0.4) is 0 Å². The Labute approximate surface area is 118 Å². The van der Waals surface area contributed by atoms with Crippen LogP contribution < -0.4 is 9.47 Å².